The van der Waals surface area contributed by atoms with Gasteiger partial charge in [-0.25, -0.2) is 0 Å². The van der Waals surface area contributed by atoms with Crippen molar-refractivity contribution in [1.82, 2.24) is 4.98 Å². The molecule has 0 spiro atoms. The molecule has 1 aliphatic rings. The number of ether oxygens (including phenoxy) is 2. The van der Waals surface area contributed by atoms with Crippen LogP contribution < -0.4 is 14.4 Å². The summed E-state index contributed by atoms with van der Waals surface area (Å²) in [7, 11) is 1.69. The van der Waals surface area contributed by atoms with Gasteiger partial charge in [-0.15, -0.1) is 0 Å². The molecular formula is C27H28N2O3. The number of methoxy groups -OCH3 is 1. The van der Waals surface area contributed by atoms with Crippen LogP contribution in [0.25, 0.3) is 11.1 Å². The Balaban J connectivity index is 1.40. The van der Waals surface area contributed by atoms with E-state index >= 15 is 0 Å². The van der Waals surface area contributed by atoms with Crippen molar-refractivity contribution in [2.24, 2.45) is 0 Å². The highest BCUT2D eigenvalue weighted by atomic mass is 16.5. The summed E-state index contributed by atoms with van der Waals surface area (Å²) in [5.74, 6) is 2.07. The van der Waals surface area contributed by atoms with Crippen molar-refractivity contribution < 1.29 is 13.9 Å². The van der Waals surface area contributed by atoms with Crippen molar-refractivity contribution in [3.8, 4) is 11.5 Å². The van der Waals surface area contributed by atoms with E-state index < -0.39 is 0 Å². The zero-order valence-corrected chi connectivity index (χ0v) is 18.8. The van der Waals surface area contributed by atoms with E-state index in [1.807, 2.05) is 24.3 Å². The fourth-order valence-electron chi connectivity index (χ4n) is 4.24. The van der Waals surface area contributed by atoms with Crippen LogP contribution in [0.3, 0.4) is 0 Å². The number of oxazole rings is 1. The minimum Gasteiger partial charge on any atom is -0.493 e. The van der Waals surface area contributed by atoms with E-state index in [-0.39, 0.29) is 0 Å². The Hall–Kier alpha value is -3.47. The van der Waals surface area contributed by atoms with E-state index in [9.17, 15) is 0 Å². The molecule has 0 fully saturated rings. The molecule has 0 bridgehead atoms. The van der Waals surface area contributed by atoms with Crippen LogP contribution in [0.1, 0.15) is 42.0 Å². The topological polar surface area (TPSA) is 47.7 Å². The third kappa shape index (κ3) is 3.91. The first-order valence-corrected chi connectivity index (χ1v) is 11.1. The molecule has 1 aromatic heterocycles. The second-order valence-electron chi connectivity index (χ2n) is 8.56. The van der Waals surface area contributed by atoms with E-state index in [1.54, 1.807) is 7.11 Å². The number of nitrogens with zero attached hydrogens (tertiary/aromatic N) is 2. The van der Waals surface area contributed by atoms with Crippen molar-refractivity contribution >= 4 is 17.1 Å². The van der Waals surface area contributed by atoms with E-state index in [2.05, 4.69) is 55.1 Å². The Morgan fingerprint density at radius 1 is 1.06 bits per heavy atom. The standard InChI is InChI=1S/C27H28N2O3/c1-18(2)20-9-11-23-25(15-20)32-27(28-23)29-14-13-22-21(16-29)10-12-24(30-3)26(22)31-17-19-7-5-4-6-8-19/h4-12,15,18H,13-14,16-17H2,1-3H3. The molecule has 0 N–H and O–H groups in total. The number of benzene rings is 3. The molecule has 0 atom stereocenters. The van der Waals surface area contributed by atoms with Crippen LogP contribution in [-0.4, -0.2) is 18.6 Å². The van der Waals surface area contributed by atoms with E-state index in [0.29, 0.717) is 18.5 Å². The molecule has 0 unspecified atom stereocenters. The second kappa shape index (κ2) is 8.58. The first-order chi connectivity index (χ1) is 15.6. The van der Waals surface area contributed by atoms with Crippen molar-refractivity contribution in [3.63, 3.8) is 0 Å². The third-order valence-electron chi connectivity index (χ3n) is 6.10. The molecule has 0 aliphatic carbocycles. The second-order valence-corrected chi connectivity index (χ2v) is 8.56. The van der Waals surface area contributed by atoms with Crippen molar-refractivity contribution in [2.45, 2.75) is 39.3 Å². The minimum atomic E-state index is 0.458. The van der Waals surface area contributed by atoms with Crippen LogP contribution in [-0.2, 0) is 19.6 Å². The first kappa shape index (κ1) is 20.4. The van der Waals surface area contributed by atoms with E-state index in [1.165, 1.54) is 16.7 Å². The Morgan fingerprint density at radius 3 is 2.69 bits per heavy atom. The zero-order valence-electron chi connectivity index (χ0n) is 18.8. The highest BCUT2D eigenvalue weighted by molar-refractivity contribution is 5.75. The number of fused-ring (bicyclic) bond motifs is 2. The van der Waals surface area contributed by atoms with Gasteiger partial charge in [-0.2, -0.15) is 4.98 Å². The fraction of sp³-hybridized carbons (Fsp3) is 0.296. The molecule has 32 heavy (non-hydrogen) atoms. The molecule has 2 heterocycles. The lowest BCUT2D eigenvalue weighted by molar-refractivity contribution is 0.280. The average molecular weight is 429 g/mol. The number of hydrogen-bond acceptors (Lipinski definition) is 5. The molecule has 0 radical (unpaired) electrons. The van der Waals surface area contributed by atoms with Gasteiger partial charge >= 0.3 is 0 Å². The average Bonchev–Trinajstić information content (AvgIpc) is 3.26. The van der Waals surface area contributed by atoms with Gasteiger partial charge in [0, 0.05) is 18.7 Å². The SMILES string of the molecule is COc1ccc2c(c1OCc1ccccc1)CCN(c1nc3ccc(C(C)C)cc3o1)C2. The Bertz CT molecular complexity index is 1230. The smallest absolute Gasteiger partial charge is 0.298 e. The largest absolute Gasteiger partial charge is 0.493 e. The maximum atomic E-state index is 6.25. The van der Waals surface area contributed by atoms with Crippen molar-refractivity contribution in [3.05, 3.63) is 82.9 Å². The van der Waals surface area contributed by atoms with Gasteiger partial charge < -0.3 is 18.8 Å². The van der Waals surface area contributed by atoms with Crippen LogP contribution in [0, 0.1) is 0 Å². The van der Waals surface area contributed by atoms with Gasteiger partial charge in [0.15, 0.2) is 17.1 Å². The van der Waals surface area contributed by atoms with E-state index in [4.69, 9.17) is 18.9 Å². The molecular weight excluding hydrogens is 400 g/mol. The van der Waals surface area contributed by atoms with Crippen molar-refractivity contribution in [1.29, 1.82) is 0 Å². The van der Waals surface area contributed by atoms with Crippen LogP contribution >= 0.6 is 0 Å². The molecule has 0 saturated carbocycles. The highest BCUT2D eigenvalue weighted by Crippen LogP contribution is 2.38. The minimum absolute atomic E-state index is 0.458. The lowest BCUT2D eigenvalue weighted by Crippen LogP contribution is -2.31. The summed E-state index contributed by atoms with van der Waals surface area (Å²) >= 11 is 0. The summed E-state index contributed by atoms with van der Waals surface area (Å²) in [5, 5.41) is 0. The van der Waals surface area contributed by atoms with Gasteiger partial charge in [-0.05, 0) is 47.2 Å². The van der Waals surface area contributed by atoms with Crippen LogP contribution in [0.2, 0.25) is 0 Å². The molecule has 1 aliphatic heterocycles. The molecule has 5 rings (SSSR count). The van der Waals surface area contributed by atoms with Crippen LogP contribution in [0.5, 0.6) is 11.5 Å². The summed E-state index contributed by atoms with van der Waals surface area (Å²) in [6.45, 7) is 6.43. The molecule has 5 nitrogen and oxygen atoms in total. The Labute approximate surface area is 188 Å². The summed E-state index contributed by atoms with van der Waals surface area (Å²) < 4.78 is 18.0. The first-order valence-electron chi connectivity index (χ1n) is 11.1. The Kier molecular flexibility index (Phi) is 5.48. The quantitative estimate of drug-likeness (QED) is 0.371. The Morgan fingerprint density at radius 2 is 1.91 bits per heavy atom. The lowest BCUT2D eigenvalue weighted by Gasteiger charge is -2.29. The summed E-state index contributed by atoms with van der Waals surface area (Å²) in [5.41, 5.74) is 6.56. The monoisotopic (exact) mass is 428 g/mol. The maximum Gasteiger partial charge on any atom is 0.298 e. The summed E-state index contributed by atoms with van der Waals surface area (Å²) in [4.78, 5) is 6.94. The zero-order chi connectivity index (χ0) is 22.1. The predicted octanol–water partition coefficient (Wildman–Crippen LogP) is 6.10. The van der Waals surface area contributed by atoms with Gasteiger partial charge in [0.25, 0.3) is 6.01 Å². The van der Waals surface area contributed by atoms with Crippen LogP contribution in [0.4, 0.5) is 6.01 Å². The molecule has 4 aromatic rings. The van der Waals surface area contributed by atoms with E-state index in [0.717, 1.165) is 47.7 Å². The van der Waals surface area contributed by atoms with Gasteiger partial charge in [0.1, 0.15) is 12.1 Å². The fourth-order valence-corrected chi connectivity index (χ4v) is 4.24. The number of hydrogen-bond donors (Lipinski definition) is 0. The highest BCUT2D eigenvalue weighted by Gasteiger charge is 2.25. The normalized spacial score (nSPS) is 13.4. The van der Waals surface area contributed by atoms with Gasteiger partial charge in [0.05, 0.1) is 7.11 Å². The molecule has 5 heteroatoms. The van der Waals surface area contributed by atoms with Gasteiger partial charge in [-0.1, -0.05) is 56.3 Å². The number of aromatic nitrogens is 1. The summed E-state index contributed by atoms with van der Waals surface area (Å²) in [6, 6.07) is 21.3. The lowest BCUT2D eigenvalue weighted by atomic mass is 9.98. The van der Waals surface area contributed by atoms with Crippen LogP contribution in [0.15, 0.2) is 65.1 Å². The molecule has 0 amide bonds. The van der Waals surface area contributed by atoms with Gasteiger partial charge in [-0.3, -0.25) is 0 Å². The third-order valence-corrected chi connectivity index (χ3v) is 6.10. The number of rotatable bonds is 6. The maximum absolute atomic E-state index is 6.25. The molecule has 164 valence electrons. The number of anilines is 1. The summed E-state index contributed by atoms with van der Waals surface area (Å²) in [6.07, 6.45) is 0.840. The molecule has 3 aromatic carbocycles. The van der Waals surface area contributed by atoms with Crippen molar-refractivity contribution in [2.75, 3.05) is 18.6 Å². The predicted molar refractivity (Wildman–Crippen MR) is 127 cm³/mol. The van der Waals surface area contributed by atoms with Gasteiger partial charge in [0.2, 0.25) is 0 Å². The molecule has 0 saturated heterocycles.